The zero-order valence-electron chi connectivity index (χ0n) is 16.0. The van der Waals surface area contributed by atoms with E-state index >= 15 is 0 Å². The first-order valence-corrected chi connectivity index (χ1v) is 9.30. The number of likely N-dealkylation sites (tertiary alicyclic amines) is 1. The van der Waals surface area contributed by atoms with Crippen molar-refractivity contribution in [3.8, 4) is 0 Å². The van der Waals surface area contributed by atoms with Gasteiger partial charge in [-0.1, -0.05) is 24.3 Å². The molecule has 0 bridgehead atoms. The maximum atomic E-state index is 13.9. The van der Waals surface area contributed by atoms with E-state index in [4.69, 9.17) is 4.74 Å². The molecule has 0 spiro atoms. The molecule has 2 atom stereocenters. The monoisotopic (exact) mass is 449 g/mol. The summed E-state index contributed by atoms with van der Waals surface area (Å²) in [6.45, 7) is -0.490. The molecule has 1 heterocycles. The molecule has 3 rings (SSSR count). The lowest BCUT2D eigenvalue weighted by Gasteiger charge is -2.23. The topological polar surface area (TPSA) is 29.5 Å². The minimum Gasteiger partial charge on any atom is -0.460 e. The van der Waals surface area contributed by atoms with Crippen LogP contribution in [0.3, 0.4) is 0 Å². The van der Waals surface area contributed by atoms with Gasteiger partial charge in [0.2, 0.25) is 0 Å². The first kappa shape index (κ1) is 23.1. The number of alkyl halides is 7. The highest BCUT2D eigenvalue weighted by atomic mass is 19.4. The van der Waals surface area contributed by atoms with Crippen LogP contribution >= 0.6 is 0 Å². The van der Waals surface area contributed by atoms with E-state index in [0.717, 1.165) is 24.3 Å². The van der Waals surface area contributed by atoms with Crippen molar-refractivity contribution in [3.05, 3.63) is 70.8 Å². The van der Waals surface area contributed by atoms with Crippen LogP contribution < -0.4 is 0 Å². The first-order chi connectivity index (χ1) is 14.4. The maximum Gasteiger partial charge on any atom is 0.416 e. The Morgan fingerprint density at radius 1 is 0.935 bits per heavy atom. The fourth-order valence-electron chi connectivity index (χ4n) is 3.39. The molecule has 0 aliphatic carbocycles. The van der Waals surface area contributed by atoms with Crippen LogP contribution in [0.5, 0.6) is 0 Å². The van der Waals surface area contributed by atoms with Crippen molar-refractivity contribution in [2.45, 2.75) is 44.1 Å². The summed E-state index contributed by atoms with van der Waals surface area (Å²) in [5, 5.41) is 0. The van der Waals surface area contributed by atoms with Gasteiger partial charge in [0.05, 0.1) is 11.1 Å². The predicted octanol–water partition coefficient (Wildman–Crippen LogP) is 5.38. The largest absolute Gasteiger partial charge is 0.460 e. The van der Waals surface area contributed by atoms with Crippen LogP contribution in [-0.4, -0.2) is 29.6 Å². The summed E-state index contributed by atoms with van der Waals surface area (Å²) in [5.74, 6) is -0.801. The number of rotatable bonds is 5. The second-order valence-corrected chi connectivity index (χ2v) is 7.28. The van der Waals surface area contributed by atoms with Crippen LogP contribution in [-0.2, 0) is 35.0 Å². The van der Waals surface area contributed by atoms with E-state index < -0.39 is 48.3 Å². The molecule has 2 unspecified atom stereocenters. The molecule has 31 heavy (non-hydrogen) atoms. The van der Waals surface area contributed by atoms with Crippen molar-refractivity contribution in [2.24, 2.45) is 0 Å². The second kappa shape index (κ2) is 8.86. The molecule has 1 aliphatic heterocycles. The highest BCUT2D eigenvalue weighted by molar-refractivity contribution is 5.76. The third-order valence-corrected chi connectivity index (χ3v) is 4.93. The lowest BCUT2D eigenvalue weighted by molar-refractivity contribution is -0.150. The van der Waals surface area contributed by atoms with Crippen LogP contribution in [0.15, 0.2) is 48.5 Å². The molecule has 3 nitrogen and oxygen atoms in total. The van der Waals surface area contributed by atoms with Gasteiger partial charge in [0.15, 0.2) is 0 Å². The Bertz CT molecular complexity index is 909. The quantitative estimate of drug-likeness (QED) is 0.454. The Balaban J connectivity index is 1.63. The predicted molar refractivity (Wildman–Crippen MR) is 96.4 cm³/mol. The summed E-state index contributed by atoms with van der Waals surface area (Å²) in [6.07, 6.45) is -10.5. The number of esters is 1. The zero-order chi connectivity index (χ0) is 22.8. The van der Waals surface area contributed by atoms with Crippen molar-refractivity contribution >= 4 is 5.97 Å². The van der Waals surface area contributed by atoms with Crippen LogP contribution in [0.1, 0.15) is 28.7 Å². The van der Waals surface area contributed by atoms with Crippen molar-refractivity contribution in [3.63, 3.8) is 0 Å². The molecule has 0 aromatic heterocycles. The number of carbonyl (C=O) groups is 1. The summed E-state index contributed by atoms with van der Waals surface area (Å²) in [6, 6.07) is 7.63. The summed E-state index contributed by atoms with van der Waals surface area (Å²) in [7, 11) is 0. The highest BCUT2D eigenvalue weighted by Crippen LogP contribution is 2.31. The number of halogens is 7. The third kappa shape index (κ3) is 5.96. The van der Waals surface area contributed by atoms with Gasteiger partial charge in [-0.2, -0.15) is 26.3 Å². The summed E-state index contributed by atoms with van der Waals surface area (Å²) < 4.78 is 95.4. The fraction of sp³-hybridized carbons (Fsp3) is 0.381. The van der Waals surface area contributed by atoms with Gasteiger partial charge in [0, 0.05) is 19.5 Å². The summed E-state index contributed by atoms with van der Waals surface area (Å²) >= 11 is 0. The Hall–Kier alpha value is -2.62. The number of benzene rings is 2. The standard InChI is InChI=1S/C21H18F7NO2/c22-17-9-18(19(30)31-12-14-2-1-3-16(8-14)21(26,27)28)29(11-17)10-13-4-6-15(7-5-13)20(23,24)25/h1-8,17-18H,9-12H2. The molecule has 1 saturated heterocycles. The molecule has 10 heteroatoms. The smallest absolute Gasteiger partial charge is 0.416 e. The molecule has 0 amide bonds. The zero-order valence-corrected chi connectivity index (χ0v) is 16.0. The van der Waals surface area contributed by atoms with Crippen molar-refractivity contribution in [1.82, 2.24) is 4.90 Å². The van der Waals surface area contributed by atoms with E-state index in [-0.39, 0.29) is 25.1 Å². The van der Waals surface area contributed by atoms with E-state index in [1.54, 1.807) is 0 Å². The number of hydrogen-bond acceptors (Lipinski definition) is 3. The van der Waals surface area contributed by atoms with Crippen molar-refractivity contribution in [2.75, 3.05) is 6.54 Å². The number of nitrogens with zero attached hydrogens (tertiary/aromatic N) is 1. The molecule has 1 fully saturated rings. The molecule has 168 valence electrons. The Labute approximate surface area is 173 Å². The van der Waals surface area contributed by atoms with Crippen LogP contribution in [0.25, 0.3) is 0 Å². The fourth-order valence-corrected chi connectivity index (χ4v) is 3.39. The third-order valence-electron chi connectivity index (χ3n) is 4.93. The normalized spacial score (nSPS) is 20.1. The Kier molecular flexibility index (Phi) is 6.59. The van der Waals surface area contributed by atoms with E-state index in [2.05, 4.69) is 0 Å². The number of carbonyl (C=O) groups excluding carboxylic acids is 1. The van der Waals surface area contributed by atoms with Gasteiger partial charge in [-0.05, 0) is 35.4 Å². The maximum absolute atomic E-state index is 13.9. The molecular weight excluding hydrogens is 431 g/mol. The summed E-state index contributed by atoms with van der Waals surface area (Å²) in [5.41, 5.74) is -1.11. The van der Waals surface area contributed by atoms with Crippen LogP contribution in [0.4, 0.5) is 30.7 Å². The highest BCUT2D eigenvalue weighted by Gasteiger charge is 2.38. The molecule has 0 saturated carbocycles. The van der Waals surface area contributed by atoms with Gasteiger partial charge >= 0.3 is 18.3 Å². The molecule has 1 aliphatic rings. The van der Waals surface area contributed by atoms with Crippen molar-refractivity contribution in [1.29, 1.82) is 0 Å². The minimum atomic E-state index is -4.54. The summed E-state index contributed by atoms with van der Waals surface area (Å²) in [4.78, 5) is 13.9. The van der Waals surface area contributed by atoms with Crippen LogP contribution in [0, 0.1) is 0 Å². The van der Waals surface area contributed by atoms with Gasteiger partial charge in [-0.15, -0.1) is 0 Å². The number of hydrogen-bond donors (Lipinski definition) is 0. The lowest BCUT2D eigenvalue weighted by Crippen LogP contribution is -2.36. The average Bonchev–Trinajstić information content (AvgIpc) is 3.05. The van der Waals surface area contributed by atoms with Gasteiger partial charge in [-0.25, -0.2) is 4.39 Å². The molecule has 0 radical (unpaired) electrons. The lowest BCUT2D eigenvalue weighted by atomic mass is 10.1. The molecule has 2 aromatic rings. The van der Waals surface area contributed by atoms with E-state index in [1.807, 2.05) is 0 Å². The molecule has 2 aromatic carbocycles. The second-order valence-electron chi connectivity index (χ2n) is 7.28. The average molecular weight is 449 g/mol. The van der Waals surface area contributed by atoms with Gasteiger partial charge < -0.3 is 4.74 Å². The number of ether oxygens (including phenoxy) is 1. The van der Waals surface area contributed by atoms with Crippen LogP contribution in [0.2, 0.25) is 0 Å². The van der Waals surface area contributed by atoms with Gasteiger partial charge in [-0.3, -0.25) is 9.69 Å². The SMILES string of the molecule is O=C(OCc1cccc(C(F)(F)F)c1)C1CC(F)CN1Cc1ccc(C(F)(F)F)cc1. The Morgan fingerprint density at radius 2 is 1.58 bits per heavy atom. The van der Waals surface area contributed by atoms with Crippen molar-refractivity contribution < 1.29 is 40.3 Å². The van der Waals surface area contributed by atoms with Gasteiger partial charge in [0.25, 0.3) is 0 Å². The molecule has 0 N–H and O–H groups in total. The minimum absolute atomic E-state index is 0.0296. The van der Waals surface area contributed by atoms with E-state index in [0.29, 0.717) is 5.56 Å². The Morgan fingerprint density at radius 3 is 2.19 bits per heavy atom. The van der Waals surface area contributed by atoms with Gasteiger partial charge in [0.1, 0.15) is 18.8 Å². The molecular formula is C21H18F7NO2. The van der Waals surface area contributed by atoms with E-state index in [1.165, 1.54) is 29.2 Å². The first-order valence-electron chi connectivity index (χ1n) is 9.30. The van der Waals surface area contributed by atoms with E-state index in [9.17, 15) is 35.5 Å².